The summed E-state index contributed by atoms with van der Waals surface area (Å²) in [6, 6.07) is 0. The van der Waals surface area contributed by atoms with E-state index in [-0.39, 0.29) is 6.61 Å². The molecule has 0 aromatic carbocycles. The molecule has 0 aliphatic rings. The minimum atomic E-state index is -4.86. The highest BCUT2D eigenvalue weighted by atomic mass is 31.2. The number of unbranched alkanes of at least 4 members (excludes halogenated alkanes) is 13. The van der Waals surface area contributed by atoms with Gasteiger partial charge in [-0.2, -0.15) is 13.2 Å². The zero-order chi connectivity index (χ0) is 24.8. The van der Waals surface area contributed by atoms with E-state index in [2.05, 4.69) is 20.7 Å². The average molecular weight is 508 g/mol. The van der Waals surface area contributed by atoms with Crippen LogP contribution in [-0.2, 0) is 23.1 Å². The van der Waals surface area contributed by atoms with E-state index in [0.717, 1.165) is 25.7 Å². The summed E-state index contributed by atoms with van der Waals surface area (Å²) in [6.45, 7) is -1.00. The monoisotopic (exact) mass is 507 g/mol. The number of aliphatic hydroxyl groups excluding tert-OH is 1. The summed E-state index contributed by atoms with van der Waals surface area (Å²) in [6.07, 6.45) is 11.2. The van der Waals surface area contributed by atoms with Crippen molar-refractivity contribution in [2.45, 2.75) is 109 Å². The Balaban J connectivity index is 3.76. The first-order valence-corrected chi connectivity index (χ1v) is 13.6. The van der Waals surface area contributed by atoms with Crippen molar-refractivity contribution in [2.75, 3.05) is 33.2 Å². The van der Waals surface area contributed by atoms with Crippen LogP contribution in [-0.4, -0.2) is 50.6 Å². The quantitative estimate of drug-likeness (QED) is 0.0989. The Kier molecular flexibility index (Phi) is 21.0. The first-order valence-electron chi connectivity index (χ1n) is 12.2. The fourth-order valence-corrected chi connectivity index (χ4v) is 4.00. The van der Waals surface area contributed by atoms with Gasteiger partial charge >= 0.3 is 6.18 Å². The fraction of sp³-hybridized carbons (Fsp3) is 1.00. The third-order valence-electron chi connectivity index (χ3n) is 5.01. The van der Waals surface area contributed by atoms with Crippen molar-refractivity contribution in [3.63, 3.8) is 0 Å². The molecule has 33 heavy (non-hydrogen) atoms. The minimum absolute atomic E-state index is 0.267. The van der Waals surface area contributed by atoms with Crippen molar-refractivity contribution < 1.29 is 46.3 Å². The molecule has 0 amide bonds. The second kappa shape index (κ2) is 21.1. The molecule has 7 nitrogen and oxygen atoms in total. The van der Waals surface area contributed by atoms with Gasteiger partial charge in [-0.3, -0.25) is 9.09 Å². The SMILES string of the molecule is CCCCCCCCCCCCCCCCOCC(COCC(F)(F)F)OP(=O)([O-])OCO. The van der Waals surface area contributed by atoms with Gasteiger partial charge in [-0.1, -0.05) is 90.4 Å². The molecule has 1 N–H and O–H groups in total. The van der Waals surface area contributed by atoms with Gasteiger partial charge in [-0.25, -0.2) is 0 Å². The van der Waals surface area contributed by atoms with Crippen molar-refractivity contribution in [1.29, 1.82) is 0 Å². The standard InChI is InChI=1S/C22H44F3O7P/c1-2-3-4-5-6-7-8-9-10-11-12-13-14-15-16-29-17-21(18-30-19-22(23,24)25)32-33(27,28)31-20-26/h21,26H,2-20H2,1H3,(H,27,28)/p-1. The largest absolute Gasteiger partial charge is 0.756 e. The van der Waals surface area contributed by atoms with E-state index in [0.29, 0.717) is 6.61 Å². The van der Waals surface area contributed by atoms with E-state index in [1.54, 1.807) is 0 Å². The Morgan fingerprint density at radius 1 is 0.818 bits per heavy atom. The summed E-state index contributed by atoms with van der Waals surface area (Å²) in [5.41, 5.74) is 0. The molecule has 2 atom stereocenters. The van der Waals surface area contributed by atoms with Crippen molar-refractivity contribution in [3.05, 3.63) is 0 Å². The van der Waals surface area contributed by atoms with Crippen LogP contribution in [0.1, 0.15) is 96.8 Å². The number of halogens is 3. The summed E-state index contributed by atoms with van der Waals surface area (Å²) < 4.78 is 66.5. The maximum Gasteiger partial charge on any atom is 0.411 e. The smallest absolute Gasteiger partial charge is 0.411 e. The number of alkyl halides is 3. The van der Waals surface area contributed by atoms with Crippen LogP contribution in [0.5, 0.6) is 0 Å². The van der Waals surface area contributed by atoms with Crippen LogP contribution >= 0.6 is 7.82 Å². The van der Waals surface area contributed by atoms with Gasteiger partial charge in [-0.05, 0) is 6.42 Å². The highest BCUT2D eigenvalue weighted by Crippen LogP contribution is 2.39. The summed E-state index contributed by atoms with van der Waals surface area (Å²) >= 11 is 0. The topological polar surface area (TPSA) is 97.3 Å². The predicted molar refractivity (Wildman–Crippen MR) is 119 cm³/mol. The molecule has 0 bridgehead atoms. The molecule has 0 spiro atoms. The summed E-state index contributed by atoms with van der Waals surface area (Å²) in [5, 5.41) is 8.54. The van der Waals surface area contributed by atoms with Gasteiger partial charge < -0.3 is 24.0 Å². The maximum absolute atomic E-state index is 12.2. The molecule has 0 aromatic heterocycles. The number of aliphatic hydroxyl groups is 1. The number of hydrogen-bond donors (Lipinski definition) is 1. The van der Waals surface area contributed by atoms with Crippen molar-refractivity contribution in [3.8, 4) is 0 Å². The Bertz CT molecular complexity index is 481. The lowest BCUT2D eigenvalue weighted by molar-refractivity contribution is -0.239. The lowest BCUT2D eigenvalue weighted by Crippen LogP contribution is -2.30. The van der Waals surface area contributed by atoms with Gasteiger partial charge in [0.25, 0.3) is 7.82 Å². The van der Waals surface area contributed by atoms with E-state index in [1.807, 2.05) is 0 Å². The van der Waals surface area contributed by atoms with Crippen LogP contribution in [0.3, 0.4) is 0 Å². The van der Waals surface area contributed by atoms with Gasteiger partial charge in [0, 0.05) is 6.61 Å². The van der Waals surface area contributed by atoms with Gasteiger partial charge in [0.2, 0.25) is 0 Å². The zero-order valence-electron chi connectivity index (χ0n) is 20.0. The lowest BCUT2D eigenvalue weighted by Gasteiger charge is -2.27. The first-order chi connectivity index (χ1) is 15.7. The molecule has 11 heteroatoms. The molecular formula is C22H43F3O7P-. The molecule has 2 unspecified atom stereocenters. The molecular weight excluding hydrogens is 464 g/mol. The lowest BCUT2D eigenvalue weighted by atomic mass is 10.0. The highest BCUT2D eigenvalue weighted by Gasteiger charge is 2.28. The van der Waals surface area contributed by atoms with E-state index in [4.69, 9.17) is 9.84 Å². The van der Waals surface area contributed by atoms with Crippen LogP contribution in [0.4, 0.5) is 13.2 Å². The van der Waals surface area contributed by atoms with Crippen LogP contribution in [0, 0.1) is 0 Å². The van der Waals surface area contributed by atoms with E-state index < -0.39 is 40.1 Å². The number of phosphoric ester groups is 1. The van der Waals surface area contributed by atoms with E-state index in [1.165, 1.54) is 64.2 Å². The molecule has 0 fully saturated rings. The second-order valence-electron chi connectivity index (χ2n) is 8.23. The van der Waals surface area contributed by atoms with E-state index in [9.17, 15) is 22.6 Å². The predicted octanol–water partition coefficient (Wildman–Crippen LogP) is 5.88. The van der Waals surface area contributed by atoms with Crippen molar-refractivity contribution in [2.24, 2.45) is 0 Å². The maximum atomic E-state index is 12.2. The second-order valence-corrected chi connectivity index (χ2v) is 9.60. The third kappa shape index (κ3) is 24.7. The Morgan fingerprint density at radius 3 is 1.73 bits per heavy atom. The number of phosphoric acid groups is 1. The summed E-state index contributed by atoms with van der Waals surface area (Å²) in [5.74, 6) is 0. The normalized spacial score (nSPS) is 15.0. The molecule has 0 heterocycles. The molecule has 0 aromatic rings. The molecule has 0 saturated heterocycles. The van der Waals surface area contributed by atoms with Gasteiger partial charge in [-0.15, -0.1) is 0 Å². The summed E-state index contributed by atoms with van der Waals surface area (Å²) in [4.78, 5) is 11.5. The highest BCUT2D eigenvalue weighted by molar-refractivity contribution is 7.45. The molecule has 0 rings (SSSR count). The van der Waals surface area contributed by atoms with Crippen LogP contribution in [0.2, 0.25) is 0 Å². The van der Waals surface area contributed by atoms with Gasteiger partial charge in [0.15, 0.2) is 6.79 Å². The molecule has 200 valence electrons. The molecule has 0 radical (unpaired) electrons. The minimum Gasteiger partial charge on any atom is -0.756 e. The van der Waals surface area contributed by atoms with Gasteiger partial charge in [0.05, 0.1) is 13.2 Å². The Morgan fingerprint density at radius 2 is 1.27 bits per heavy atom. The number of ether oxygens (including phenoxy) is 2. The number of rotatable bonds is 24. The molecule has 0 saturated carbocycles. The Labute approximate surface area is 196 Å². The van der Waals surface area contributed by atoms with Crippen LogP contribution in [0.15, 0.2) is 0 Å². The number of hydrogen-bond acceptors (Lipinski definition) is 7. The Hall–Kier alpha value is -0.220. The van der Waals surface area contributed by atoms with Crippen molar-refractivity contribution >= 4 is 7.82 Å². The van der Waals surface area contributed by atoms with Crippen molar-refractivity contribution in [1.82, 2.24) is 0 Å². The fourth-order valence-electron chi connectivity index (χ4n) is 3.31. The molecule has 0 aliphatic carbocycles. The molecule has 0 aliphatic heterocycles. The van der Waals surface area contributed by atoms with Crippen LogP contribution < -0.4 is 4.89 Å². The average Bonchev–Trinajstić information content (AvgIpc) is 2.72. The summed E-state index contributed by atoms with van der Waals surface area (Å²) in [7, 11) is -4.86. The zero-order valence-corrected chi connectivity index (χ0v) is 20.9. The van der Waals surface area contributed by atoms with Crippen LogP contribution in [0.25, 0.3) is 0 Å². The van der Waals surface area contributed by atoms with Gasteiger partial charge in [0.1, 0.15) is 12.7 Å². The third-order valence-corrected chi connectivity index (χ3v) is 6.00. The van der Waals surface area contributed by atoms with E-state index >= 15 is 0 Å². The first kappa shape index (κ1) is 32.8.